The number of methoxy groups -OCH3 is 1. The van der Waals surface area contributed by atoms with E-state index in [0.29, 0.717) is 54.5 Å². The third-order valence-electron chi connectivity index (χ3n) is 6.29. The zero-order valence-electron chi connectivity index (χ0n) is 20.1. The molecule has 1 amide bonds. The van der Waals surface area contributed by atoms with E-state index < -0.39 is 23.8 Å². The molecule has 10 heteroatoms. The molecule has 0 radical (unpaired) electrons. The second-order valence-electron chi connectivity index (χ2n) is 8.57. The molecule has 1 atom stereocenters. The molecule has 3 aromatic rings. The first-order valence-electron chi connectivity index (χ1n) is 11.4. The smallest absolute Gasteiger partial charge is 0.266 e. The highest BCUT2D eigenvalue weighted by Crippen LogP contribution is 2.37. The molecule has 1 unspecified atom stereocenters. The number of aromatic nitrogens is 2. The number of halogens is 3. The number of fused-ring (bicyclic) bond motifs is 1. The molecule has 1 aliphatic rings. The van der Waals surface area contributed by atoms with Gasteiger partial charge in [0.25, 0.3) is 6.43 Å². The molecule has 2 aromatic carbocycles. The van der Waals surface area contributed by atoms with Crippen LogP contribution in [0, 0.1) is 12.7 Å². The van der Waals surface area contributed by atoms with Gasteiger partial charge in [-0.15, -0.1) is 0 Å². The zero-order valence-corrected chi connectivity index (χ0v) is 20.1. The fourth-order valence-corrected chi connectivity index (χ4v) is 4.40. The van der Waals surface area contributed by atoms with Crippen molar-refractivity contribution in [1.29, 1.82) is 0 Å². The molecule has 1 aliphatic heterocycles. The van der Waals surface area contributed by atoms with Crippen molar-refractivity contribution in [2.75, 3.05) is 43.5 Å². The van der Waals surface area contributed by atoms with Gasteiger partial charge in [0.2, 0.25) is 5.91 Å². The van der Waals surface area contributed by atoms with E-state index in [4.69, 9.17) is 4.74 Å². The summed E-state index contributed by atoms with van der Waals surface area (Å²) < 4.78 is 46.7. The number of rotatable bonds is 6. The number of benzene rings is 2. The number of alkyl halides is 2. The van der Waals surface area contributed by atoms with Gasteiger partial charge in [0.1, 0.15) is 23.2 Å². The topological polar surface area (TPSA) is 70.6 Å². The van der Waals surface area contributed by atoms with Crippen LogP contribution in [0.3, 0.4) is 0 Å². The molecule has 7 nitrogen and oxygen atoms in total. The number of hydrogen-bond donors (Lipinski definition) is 1. The van der Waals surface area contributed by atoms with E-state index in [2.05, 4.69) is 20.2 Å². The van der Waals surface area contributed by atoms with Crippen molar-refractivity contribution in [3.8, 4) is 5.75 Å². The van der Waals surface area contributed by atoms with E-state index in [0.717, 1.165) is 11.8 Å². The average molecular weight is 488 g/mol. The number of hydrogen-bond acceptors (Lipinski definition) is 6. The van der Waals surface area contributed by atoms with E-state index in [-0.39, 0.29) is 11.5 Å². The molecule has 186 valence electrons. The number of nitrogens with one attached hydrogen (secondary N) is 1. The number of ether oxygens (including phenoxy) is 1. The van der Waals surface area contributed by atoms with E-state index in [1.165, 1.54) is 12.1 Å². The van der Waals surface area contributed by atoms with Gasteiger partial charge >= 0.3 is 0 Å². The lowest BCUT2D eigenvalue weighted by Gasteiger charge is -2.36. The van der Waals surface area contributed by atoms with Gasteiger partial charge in [-0.05, 0) is 26.0 Å². The predicted molar refractivity (Wildman–Crippen MR) is 129 cm³/mol. The van der Waals surface area contributed by atoms with Crippen LogP contribution in [0.2, 0.25) is 0 Å². The van der Waals surface area contributed by atoms with Gasteiger partial charge in [0.15, 0.2) is 0 Å². The summed E-state index contributed by atoms with van der Waals surface area (Å²) in [7, 11) is 1.58. The Hall–Kier alpha value is -3.56. The molecule has 1 aromatic heterocycles. The first-order valence-corrected chi connectivity index (χ1v) is 11.4. The lowest BCUT2D eigenvalue weighted by Crippen LogP contribution is -2.48. The summed E-state index contributed by atoms with van der Waals surface area (Å²) in [6, 6.07) is 7.10. The largest absolute Gasteiger partial charge is 0.495 e. The second kappa shape index (κ2) is 9.97. The average Bonchev–Trinajstić information content (AvgIpc) is 2.83. The Morgan fingerprint density at radius 2 is 1.80 bits per heavy atom. The normalized spacial score (nSPS) is 15.0. The van der Waals surface area contributed by atoms with Gasteiger partial charge in [-0.25, -0.2) is 23.1 Å². The van der Waals surface area contributed by atoms with Crippen molar-refractivity contribution in [1.82, 2.24) is 14.9 Å². The number of aryl methyl sites for hydroxylation is 1. The van der Waals surface area contributed by atoms with Gasteiger partial charge in [0.05, 0.1) is 29.9 Å². The Morgan fingerprint density at radius 1 is 1.11 bits per heavy atom. The van der Waals surface area contributed by atoms with Crippen molar-refractivity contribution < 1.29 is 22.7 Å². The van der Waals surface area contributed by atoms with Crippen LogP contribution in [-0.2, 0) is 4.79 Å². The molecule has 4 rings (SSSR count). The molecule has 1 saturated heterocycles. The predicted octanol–water partition coefficient (Wildman–Crippen LogP) is 4.87. The first-order chi connectivity index (χ1) is 16.7. The number of carbonyl (C=O) groups is 1. The SMILES string of the molecule is COc1cc2c(NC(C)c3cccc(C(F)F)c3F)nc(C)nc2cc1N1CCN(C(C)=O)CC1. The minimum absolute atomic E-state index is 0.0545. The third-order valence-corrected chi connectivity index (χ3v) is 6.29. The molecule has 0 bridgehead atoms. The Morgan fingerprint density at radius 3 is 2.43 bits per heavy atom. The van der Waals surface area contributed by atoms with Crippen LogP contribution in [0.25, 0.3) is 10.9 Å². The Bertz CT molecular complexity index is 1250. The highest BCUT2D eigenvalue weighted by atomic mass is 19.3. The molecule has 0 aliphatic carbocycles. The fourth-order valence-electron chi connectivity index (χ4n) is 4.40. The standard InChI is InChI=1S/C25H28F3N5O2/c1-14(17-6-5-7-18(23(17)26)24(27)28)29-25-19-12-22(35-4)21(13-20(19)30-15(2)31-25)33-10-8-32(9-11-33)16(3)34/h5-7,12-14,24H,8-11H2,1-4H3,(H,29,30,31). The van der Waals surface area contributed by atoms with E-state index in [1.807, 2.05) is 17.0 Å². The van der Waals surface area contributed by atoms with Gasteiger partial charge < -0.3 is 19.9 Å². The van der Waals surface area contributed by atoms with Crippen LogP contribution < -0.4 is 15.0 Å². The monoisotopic (exact) mass is 487 g/mol. The van der Waals surface area contributed by atoms with Crippen LogP contribution >= 0.6 is 0 Å². The quantitative estimate of drug-likeness (QED) is 0.535. The van der Waals surface area contributed by atoms with Crippen LogP contribution in [0.4, 0.5) is 24.7 Å². The summed E-state index contributed by atoms with van der Waals surface area (Å²) in [5.74, 6) is 0.698. The molecular weight excluding hydrogens is 459 g/mol. The Kier molecular flexibility index (Phi) is 7.00. The van der Waals surface area contributed by atoms with Crippen molar-refractivity contribution >= 4 is 28.3 Å². The third kappa shape index (κ3) is 4.96. The zero-order chi connectivity index (χ0) is 25.3. The van der Waals surface area contributed by atoms with Crippen LogP contribution in [0.5, 0.6) is 5.75 Å². The summed E-state index contributed by atoms with van der Waals surface area (Å²) in [6.07, 6.45) is -2.90. The lowest BCUT2D eigenvalue weighted by atomic mass is 10.0. The van der Waals surface area contributed by atoms with Gasteiger partial charge in [-0.1, -0.05) is 18.2 Å². The lowest BCUT2D eigenvalue weighted by molar-refractivity contribution is -0.129. The van der Waals surface area contributed by atoms with Crippen LogP contribution in [-0.4, -0.2) is 54.1 Å². The number of amides is 1. The summed E-state index contributed by atoms with van der Waals surface area (Å²) in [6.45, 7) is 7.57. The first kappa shape index (κ1) is 24.6. The summed E-state index contributed by atoms with van der Waals surface area (Å²) in [5, 5.41) is 3.83. The van der Waals surface area contributed by atoms with Crippen LogP contribution in [0.1, 0.15) is 43.3 Å². The molecule has 1 fully saturated rings. The van der Waals surface area contributed by atoms with Gasteiger partial charge in [0, 0.05) is 44.1 Å². The number of nitrogens with zero attached hydrogens (tertiary/aromatic N) is 4. The van der Waals surface area contributed by atoms with Crippen LogP contribution in [0.15, 0.2) is 30.3 Å². The fraction of sp³-hybridized carbons (Fsp3) is 0.400. The molecule has 2 heterocycles. The van der Waals surface area contributed by atoms with Crippen molar-refractivity contribution in [3.63, 3.8) is 0 Å². The van der Waals surface area contributed by atoms with Crippen molar-refractivity contribution in [2.24, 2.45) is 0 Å². The number of carbonyl (C=O) groups excluding carboxylic acids is 1. The van der Waals surface area contributed by atoms with Gasteiger partial charge in [-0.2, -0.15) is 0 Å². The maximum atomic E-state index is 14.7. The summed E-state index contributed by atoms with van der Waals surface area (Å²) >= 11 is 0. The van der Waals surface area contributed by atoms with E-state index in [9.17, 15) is 18.0 Å². The minimum Gasteiger partial charge on any atom is -0.495 e. The highest BCUT2D eigenvalue weighted by Gasteiger charge is 2.24. The molecule has 0 saturated carbocycles. The Balaban J connectivity index is 1.69. The second-order valence-corrected chi connectivity index (χ2v) is 8.57. The molecule has 0 spiro atoms. The Labute approximate surface area is 201 Å². The molecule has 35 heavy (non-hydrogen) atoms. The summed E-state index contributed by atoms with van der Waals surface area (Å²) in [4.78, 5) is 24.7. The number of piperazine rings is 1. The highest BCUT2D eigenvalue weighted by molar-refractivity contribution is 5.94. The number of anilines is 2. The van der Waals surface area contributed by atoms with E-state index in [1.54, 1.807) is 27.9 Å². The van der Waals surface area contributed by atoms with E-state index >= 15 is 0 Å². The van der Waals surface area contributed by atoms with Gasteiger partial charge in [-0.3, -0.25) is 4.79 Å². The maximum Gasteiger partial charge on any atom is 0.266 e. The summed E-state index contributed by atoms with van der Waals surface area (Å²) in [5.41, 5.74) is 1.02. The minimum atomic E-state index is -2.90. The molecular formula is C25H28F3N5O2. The van der Waals surface area contributed by atoms with Crippen molar-refractivity contribution in [2.45, 2.75) is 33.2 Å². The van der Waals surface area contributed by atoms with Crippen molar-refractivity contribution in [3.05, 3.63) is 53.1 Å². The molecule has 1 N–H and O–H groups in total. The maximum absolute atomic E-state index is 14.7.